The number of aromatic nitrogens is 2. The van der Waals surface area contributed by atoms with Gasteiger partial charge in [0, 0.05) is 6.54 Å². The fourth-order valence-corrected chi connectivity index (χ4v) is 2.48. The third-order valence-corrected chi connectivity index (χ3v) is 3.89. The van der Waals surface area contributed by atoms with Crippen LogP contribution < -0.4 is 10.1 Å². The summed E-state index contributed by atoms with van der Waals surface area (Å²) < 4.78 is 5.00. The van der Waals surface area contributed by atoms with Gasteiger partial charge in [0.2, 0.25) is 0 Å². The van der Waals surface area contributed by atoms with Crippen LogP contribution in [0.2, 0.25) is 5.02 Å². The van der Waals surface area contributed by atoms with Crippen molar-refractivity contribution in [3.8, 4) is 6.01 Å². The highest BCUT2D eigenvalue weighted by atomic mass is 35.5. The first kappa shape index (κ1) is 14.3. The number of ether oxygens (including phenoxy) is 1. The normalized spacial score (nSPS) is 17.4. The Labute approximate surface area is 119 Å². The zero-order valence-corrected chi connectivity index (χ0v) is 12.3. The van der Waals surface area contributed by atoms with Gasteiger partial charge in [0.25, 0.3) is 0 Å². The second-order valence-electron chi connectivity index (χ2n) is 4.81. The van der Waals surface area contributed by atoms with Gasteiger partial charge in [-0.25, -0.2) is 4.98 Å². The number of anilines is 1. The molecule has 0 saturated carbocycles. The average Bonchev–Trinajstić information content (AvgIpc) is 2.47. The Bertz CT molecular complexity index is 408. The Hall–Kier alpha value is -1.07. The summed E-state index contributed by atoms with van der Waals surface area (Å²) in [6.45, 7) is 6.63. The molecule has 5 nitrogen and oxygen atoms in total. The number of methoxy groups -OCH3 is 1. The molecule has 0 amide bonds. The smallest absolute Gasteiger partial charge is 0.318 e. The Morgan fingerprint density at radius 1 is 1.47 bits per heavy atom. The molecule has 0 spiro atoms. The van der Waals surface area contributed by atoms with E-state index in [9.17, 15) is 0 Å². The van der Waals surface area contributed by atoms with Crippen molar-refractivity contribution in [3.63, 3.8) is 0 Å². The first-order valence-corrected chi connectivity index (χ1v) is 7.13. The topological polar surface area (TPSA) is 50.3 Å². The second-order valence-corrected chi connectivity index (χ2v) is 5.22. The van der Waals surface area contributed by atoms with Crippen LogP contribution in [-0.4, -0.2) is 48.2 Å². The van der Waals surface area contributed by atoms with Crippen molar-refractivity contribution in [2.75, 3.05) is 38.6 Å². The summed E-state index contributed by atoms with van der Waals surface area (Å²) in [7, 11) is 1.55. The van der Waals surface area contributed by atoms with E-state index in [-0.39, 0.29) is 0 Å². The number of halogens is 1. The maximum absolute atomic E-state index is 6.07. The molecule has 1 aromatic heterocycles. The summed E-state index contributed by atoms with van der Waals surface area (Å²) in [5.74, 6) is 1.34. The summed E-state index contributed by atoms with van der Waals surface area (Å²) in [4.78, 5) is 10.7. The molecular weight excluding hydrogens is 264 g/mol. The fraction of sp³-hybridized carbons (Fsp3) is 0.692. The molecule has 0 unspecified atom stereocenters. The van der Waals surface area contributed by atoms with Gasteiger partial charge in [-0.05, 0) is 38.4 Å². The minimum absolute atomic E-state index is 0.340. The molecule has 1 aromatic rings. The van der Waals surface area contributed by atoms with Gasteiger partial charge in [0.05, 0.1) is 13.3 Å². The van der Waals surface area contributed by atoms with Crippen molar-refractivity contribution >= 4 is 17.4 Å². The predicted molar refractivity (Wildman–Crippen MR) is 76.9 cm³/mol. The van der Waals surface area contributed by atoms with Crippen molar-refractivity contribution < 1.29 is 4.74 Å². The molecule has 0 radical (unpaired) electrons. The first-order chi connectivity index (χ1) is 9.22. The van der Waals surface area contributed by atoms with Crippen LogP contribution in [-0.2, 0) is 0 Å². The SMILES string of the molecule is CCN1CCC(CNc2nc(OC)ncc2Cl)CC1. The van der Waals surface area contributed by atoms with Crippen molar-refractivity contribution in [1.82, 2.24) is 14.9 Å². The van der Waals surface area contributed by atoms with E-state index in [0.717, 1.165) is 13.1 Å². The number of rotatable bonds is 5. The minimum atomic E-state index is 0.340. The van der Waals surface area contributed by atoms with Gasteiger partial charge in [-0.1, -0.05) is 18.5 Å². The standard InChI is InChI=1S/C13H21ClN4O/c1-3-18-6-4-10(5-7-18)8-15-12-11(14)9-16-13(17-12)19-2/h9-10H,3-8H2,1-2H3,(H,15,16,17). The van der Waals surface area contributed by atoms with E-state index in [2.05, 4.69) is 27.1 Å². The lowest BCUT2D eigenvalue weighted by Crippen LogP contribution is -2.35. The van der Waals surface area contributed by atoms with Gasteiger partial charge >= 0.3 is 6.01 Å². The van der Waals surface area contributed by atoms with Crippen molar-refractivity contribution in [2.45, 2.75) is 19.8 Å². The number of nitrogens with zero attached hydrogens (tertiary/aromatic N) is 3. The highest BCUT2D eigenvalue weighted by Gasteiger charge is 2.18. The second kappa shape index (κ2) is 6.91. The predicted octanol–water partition coefficient (Wildman–Crippen LogP) is 2.28. The molecule has 2 rings (SSSR count). The summed E-state index contributed by atoms with van der Waals surface area (Å²) in [6, 6.07) is 0.340. The molecule has 6 heteroatoms. The molecular formula is C13H21ClN4O. The Kier molecular flexibility index (Phi) is 5.22. The maximum atomic E-state index is 6.07. The number of piperidine rings is 1. The molecule has 0 aromatic carbocycles. The highest BCUT2D eigenvalue weighted by molar-refractivity contribution is 6.32. The van der Waals surface area contributed by atoms with Gasteiger partial charge in [0.1, 0.15) is 5.02 Å². The Morgan fingerprint density at radius 3 is 2.84 bits per heavy atom. The van der Waals surface area contributed by atoms with Crippen LogP contribution in [0, 0.1) is 5.92 Å². The Balaban J connectivity index is 1.85. The van der Waals surface area contributed by atoms with E-state index >= 15 is 0 Å². The molecule has 2 heterocycles. The zero-order valence-electron chi connectivity index (χ0n) is 11.5. The van der Waals surface area contributed by atoms with Crippen LogP contribution >= 0.6 is 11.6 Å². The van der Waals surface area contributed by atoms with Gasteiger partial charge in [0.15, 0.2) is 5.82 Å². The molecule has 1 aliphatic rings. The van der Waals surface area contributed by atoms with Crippen LogP contribution in [0.1, 0.15) is 19.8 Å². The minimum Gasteiger partial charge on any atom is -0.467 e. The van der Waals surface area contributed by atoms with Crippen molar-refractivity contribution in [1.29, 1.82) is 0 Å². The van der Waals surface area contributed by atoms with Crippen LogP contribution in [0.3, 0.4) is 0 Å². The molecule has 0 atom stereocenters. The number of hydrogen-bond acceptors (Lipinski definition) is 5. The van der Waals surface area contributed by atoms with E-state index in [1.54, 1.807) is 13.3 Å². The van der Waals surface area contributed by atoms with Gasteiger partial charge in [-0.2, -0.15) is 4.98 Å². The number of nitrogens with one attached hydrogen (secondary N) is 1. The number of hydrogen-bond donors (Lipinski definition) is 1. The summed E-state index contributed by atoms with van der Waals surface area (Å²) in [6.07, 6.45) is 4.01. The third kappa shape index (κ3) is 3.94. The summed E-state index contributed by atoms with van der Waals surface area (Å²) in [5.41, 5.74) is 0. The van der Waals surface area contributed by atoms with E-state index in [0.29, 0.717) is 22.8 Å². The largest absolute Gasteiger partial charge is 0.467 e. The highest BCUT2D eigenvalue weighted by Crippen LogP contribution is 2.22. The fourth-order valence-electron chi connectivity index (χ4n) is 2.32. The van der Waals surface area contributed by atoms with Crippen LogP contribution in [0.4, 0.5) is 5.82 Å². The van der Waals surface area contributed by atoms with Crippen LogP contribution in [0.25, 0.3) is 0 Å². The lowest BCUT2D eigenvalue weighted by atomic mass is 9.97. The van der Waals surface area contributed by atoms with E-state index in [1.165, 1.54) is 25.9 Å². The molecule has 0 aliphatic carbocycles. The van der Waals surface area contributed by atoms with Gasteiger partial charge < -0.3 is 15.0 Å². The lowest BCUT2D eigenvalue weighted by molar-refractivity contribution is 0.198. The summed E-state index contributed by atoms with van der Waals surface area (Å²) >= 11 is 6.07. The molecule has 1 saturated heterocycles. The summed E-state index contributed by atoms with van der Waals surface area (Å²) in [5, 5.41) is 3.84. The first-order valence-electron chi connectivity index (χ1n) is 6.75. The number of likely N-dealkylation sites (tertiary alicyclic amines) is 1. The molecule has 0 bridgehead atoms. The third-order valence-electron chi connectivity index (χ3n) is 3.62. The molecule has 1 fully saturated rings. The molecule has 1 aliphatic heterocycles. The van der Waals surface area contributed by atoms with Gasteiger partial charge in [-0.15, -0.1) is 0 Å². The van der Waals surface area contributed by atoms with Crippen LogP contribution in [0.5, 0.6) is 6.01 Å². The molecule has 19 heavy (non-hydrogen) atoms. The van der Waals surface area contributed by atoms with Crippen molar-refractivity contribution in [2.24, 2.45) is 5.92 Å². The van der Waals surface area contributed by atoms with E-state index < -0.39 is 0 Å². The quantitative estimate of drug-likeness (QED) is 0.899. The van der Waals surface area contributed by atoms with E-state index in [4.69, 9.17) is 16.3 Å². The van der Waals surface area contributed by atoms with Crippen LogP contribution in [0.15, 0.2) is 6.20 Å². The maximum Gasteiger partial charge on any atom is 0.318 e. The molecule has 1 N–H and O–H groups in total. The monoisotopic (exact) mass is 284 g/mol. The van der Waals surface area contributed by atoms with Gasteiger partial charge in [-0.3, -0.25) is 0 Å². The average molecular weight is 285 g/mol. The molecule has 106 valence electrons. The van der Waals surface area contributed by atoms with E-state index in [1.807, 2.05) is 0 Å². The van der Waals surface area contributed by atoms with Crippen molar-refractivity contribution in [3.05, 3.63) is 11.2 Å². The lowest BCUT2D eigenvalue weighted by Gasteiger charge is -2.31. The Morgan fingerprint density at radius 2 is 2.21 bits per heavy atom. The zero-order chi connectivity index (χ0) is 13.7.